The van der Waals surface area contributed by atoms with E-state index < -0.39 is 11.9 Å². The van der Waals surface area contributed by atoms with E-state index in [-0.39, 0.29) is 23.7 Å². The van der Waals surface area contributed by atoms with Gasteiger partial charge >= 0.3 is 0 Å². The van der Waals surface area contributed by atoms with E-state index in [1.165, 1.54) is 4.90 Å². The molecule has 30 heavy (non-hydrogen) atoms. The lowest BCUT2D eigenvalue weighted by Crippen LogP contribution is -2.49. The number of ether oxygens (including phenoxy) is 1. The number of para-hydroxylation sites is 2. The fourth-order valence-corrected chi connectivity index (χ4v) is 3.88. The second-order valence-corrected chi connectivity index (χ2v) is 7.65. The van der Waals surface area contributed by atoms with Crippen LogP contribution < -0.4 is 15.0 Å². The Kier molecular flexibility index (Phi) is 4.27. The van der Waals surface area contributed by atoms with Crippen molar-refractivity contribution in [3.05, 3.63) is 72.1 Å². The van der Waals surface area contributed by atoms with E-state index in [9.17, 15) is 9.59 Å². The predicted molar refractivity (Wildman–Crippen MR) is 109 cm³/mol. The van der Waals surface area contributed by atoms with Crippen molar-refractivity contribution in [3.63, 3.8) is 0 Å². The van der Waals surface area contributed by atoms with Crippen LogP contribution in [0.4, 0.5) is 5.69 Å². The third kappa shape index (κ3) is 3.01. The Morgan fingerprint density at radius 3 is 2.63 bits per heavy atom. The van der Waals surface area contributed by atoms with Crippen LogP contribution in [0.5, 0.6) is 5.75 Å². The first kappa shape index (κ1) is 18.4. The summed E-state index contributed by atoms with van der Waals surface area (Å²) in [5, 5.41) is 11.0. The van der Waals surface area contributed by atoms with Crippen molar-refractivity contribution in [2.75, 3.05) is 18.6 Å². The summed E-state index contributed by atoms with van der Waals surface area (Å²) in [6.45, 7) is 0.0496. The summed E-state index contributed by atoms with van der Waals surface area (Å²) < 4.78 is 7.50. The highest BCUT2D eigenvalue weighted by molar-refractivity contribution is 6.02. The normalized spacial score (nSPS) is 19.4. The third-order valence-corrected chi connectivity index (χ3v) is 5.77. The van der Waals surface area contributed by atoms with Crippen molar-refractivity contribution in [1.29, 1.82) is 0 Å². The minimum atomic E-state index is -0.816. The summed E-state index contributed by atoms with van der Waals surface area (Å²) >= 11 is 0. The molecule has 0 saturated heterocycles. The SMILES string of the molecule is CN1C(=O)C(NC(=O)c2cn(C3(c4ccccc4)CC3)nn2)COc2ccccc21. The number of hydrogen-bond donors (Lipinski definition) is 1. The number of benzene rings is 2. The van der Waals surface area contributed by atoms with Crippen LogP contribution in [0.15, 0.2) is 60.8 Å². The van der Waals surface area contributed by atoms with Gasteiger partial charge in [0.2, 0.25) is 0 Å². The fourth-order valence-electron chi connectivity index (χ4n) is 3.88. The number of likely N-dealkylation sites (N-methyl/N-ethyl adjacent to an activating group) is 1. The van der Waals surface area contributed by atoms with Crippen LogP contribution in [0.2, 0.25) is 0 Å². The summed E-state index contributed by atoms with van der Waals surface area (Å²) in [7, 11) is 1.67. The first-order chi connectivity index (χ1) is 14.6. The van der Waals surface area contributed by atoms with Crippen molar-refractivity contribution in [2.45, 2.75) is 24.4 Å². The lowest BCUT2D eigenvalue weighted by atomic mass is 10.1. The highest BCUT2D eigenvalue weighted by Gasteiger charge is 2.47. The molecule has 0 radical (unpaired) electrons. The lowest BCUT2D eigenvalue weighted by Gasteiger charge is -2.20. The number of nitrogens with one attached hydrogen (secondary N) is 1. The van der Waals surface area contributed by atoms with Gasteiger partial charge in [0, 0.05) is 7.05 Å². The molecule has 0 spiro atoms. The molecule has 1 N–H and O–H groups in total. The molecule has 3 aromatic rings. The lowest BCUT2D eigenvalue weighted by molar-refractivity contribution is -0.120. The average molecular weight is 403 g/mol. The average Bonchev–Trinajstić information content (AvgIpc) is 3.47. The van der Waals surface area contributed by atoms with E-state index >= 15 is 0 Å². The molecule has 1 saturated carbocycles. The summed E-state index contributed by atoms with van der Waals surface area (Å²) in [6.07, 6.45) is 3.54. The van der Waals surface area contributed by atoms with Gasteiger partial charge < -0.3 is 15.0 Å². The topological polar surface area (TPSA) is 89.4 Å². The van der Waals surface area contributed by atoms with Crippen LogP contribution in [0.3, 0.4) is 0 Å². The number of carbonyl (C=O) groups excluding carboxylic acids is 2. The second kappa shape index (κ2) is 6.98. The zero-order valence-corrected chi connectivity index (χ0v) is 16.5. The summed E-state index contributed by atoms with van der Waals surface area (Å²) in [4.78, 5) is 27.1. The third-order valence-electron chi connectivity index (χ3n) is 5.77. The van der Waals surface area contributed by atoms with Crippen LogP contribution >= 0.6 is 0 Å². The molecular weight excluding hydrogens is 382 g/mol. The summed E-state index contributed by atoms with van der Waals surface area (Å²) in [5.74, 6) is -0.0929. The molecule has 2 amide bonds. The van der Waals surface area contributed by atoms with E-state index in [2.05, 4.69) is 27.8 Å². The number of anilines is 1. The molecule has 8 heteroatoms. The molecule has 1 unspecified atom stereocenters. The minimum Gasteiger partial charge on any atom is -0.489 e. The molecule has 2 aliphatic rings. The monoisotopic (exact) mass is 403 g/mol. The second-order valence-electron chi connectivity index (χ2n) is 7.65. The van der Waals surface area contributed by atoms with Crippen molar-refractivity contribution < 1.29 is 14.3 Å². The molecular formula is C22H21N5O3. The highest BCUT2D eigenvalue weighted by atomic mass is 16.5. The van der Waals surface area contributed by atoms with Gasteiger partial charge in [-0.25, -0.2) is 4.68 Å². The summed E-state index contributed by atoms with van der Waals surface area (Å²) in [5.41, 5.74) is 1.75. The highest BCUT2D eigenvalue weighted by Crippen LogP contribution is 2.48. The Hall–Kier alpha value is -3.68. The number of fused-ring (bicyclic) bond motifs is 1. The Balaban J connectivity index is 1.33. The number of hydrogen-bond acceptors (Lipinski definition) is 5. The van der Waals surface area contributed by atoms with Crippen LogP contribution in [0.1, 0.15) is 28.9 Å². The number of amides is 2. The molecule has 152 valence electrons. The molecule has 0 bridgehead atoms. The Labute approximate surface area is 173 Å². The zero-order chi connectivity index (χ0) is 20.7. The van der Waals surface area contributed by atoms with Crippen molar-refractivity contribution in [1.82, 2.24) is 20.3 Å². The van der Waals surface area contributed by atoms with Crippen LogP contribution in [-0.2, 0) is 10.3 Å². The fraction of sp³-hybridized carbons (Fsp3) is 0.273. The zero-order valence-electron chi connectivity index (χ0n) is 16.5. The Morgan fingerprint density at radius 2 is 1.87 bits per heavy atom. The minimum absolute atomic E-state index is 0.0496. The quantitative estimate of drug-likeness (QED) is 0.719. The van der Waals surface area contributed by atoms with E-state index in [0.29, 0.717) is 11.4 Å². The van der Waals surface area contributed by atoms with Gasteiger partial charge in [-0.3, -0.25) is 9.59 Å². The number of rotatable bonds is 4. The van der Waals surface area contributed by atoms with Gasteiger partial charge in [0.25, 0.3) is 11.8 Å². The van der Waals surface area contributed by atoms with E-state index in [0.717, 1.165) is 18.4 Å². The molecule has 1 atom stereocenters. The number of aromatic nitrogens is 3. The summed E-state index contributed by atoms with van der Waals surface area (Å²) in [6, 6.07) is 16.5. The van der Waals surface area contributed by atoms with Crippen LogP contribution in [0.25, 0.3) is 0 Å². The van der Waals surface area contributed by atoms with Crippen molar-refractivity contribution >= 4 is 17.5 Å². The standard InChI is InChI=1S/C22H21N5O3/c1-26-18-9-5-6-10-19(18)30-14-17(21(26)29)23-20(28)16-13-27(25-24-16)22(11-12-22)15-7-3-2-4-8-15/h2-10,13,17H,11-12,14H2,1H3,(H,23,28). The molecule has 1 fully saturated rings. The van der Waals surface area contributed by atoms with Gasteiger partial charge in [-0.15, -0.1) is 5.10 Å². The van der Waals surface area contributed by atoms with Gasteiger partial charge in [-0.2, -0.15) is 0 Å². The van der Waals surface area contributed by atoms with Gasteiger partial charge in [-0.05, 0) is 30.5 Å². The maximum atomic E-state index is 12.8. The number of carbonyl (C=O) groups is 2. The Morgan fingerprint density at radius 1 is 1.13 bits per heavy atom. The van der Waals surface area contributed by atoms with Crippen molar-refractivity contribution in [2.24, 2.45) is 0 Å². The van der Waals surface area contributed by atoms with E-state index in [1.54, 1.807) is 24.0 Å². The van der Waals surface area contributed by atoms with Gasteiger partial charge in [0.1, 0.15) is 18.4 Å². The first-order valence-corrected chi connectivity index (χ1v) is 9.87. The molecule has 1 aliphatic heterocycles. The molecule has 1 aliphatic carbocycles. The van der Waals surface area contributed by atoms with Crippen molar-refractivity contribution in [3.8, 4) is 5.75 Å². The first-order valence-electron chi connectivity index (χ1n) is 9.87. The molecule has 8 nitrogen and oxygen atoms in total. The van der Waals surface area contributed by atoms with Gasteiger partial charge in [0.15, 0.2) is 5.69 Å². The molecule has 2 aromatic carbocycles. The predicted octanol–water partition coefficient (Wildman–Crippen LogP) is 1.97. The maximum Gasteiger partial charge on any atom is 0.274 e. The Bertz CT molecular complexity index is 1110. The number of nitrogens with zero attached hydrogens (tertiary/aromatic N) is 4. The van der Waals surface area contributed by atoms with E-state index in [4.69, 9.17) is 4.74 Å². The van der Waals surface area contributed by atoms with Crippen LogP contribution in [0, 0.1) is 0 Å². The largest absolute Gasteiger partial charge is 0.489 e. The molecule has 1 aromatic heterocycles. The smallest absolute Gasteiger partial charge is 0.274 e. The maximum absolute atomic E-state index is 12.8. The van der Waals surface area contributed by atoms with E-state index in [1.807, 2.05) is 36.4 Å². The van der Waals surface area contributed by atoms with Gasteiger partial charge in [0.05, 0.1) is 17.4 Å². The molecule has 5 rings (SSSR count). The molecule has 2 heterocycles. The van der Waals surface area contributed by atoms with Crippen LogP contribution in [-0.4, -0.2) is 46.5 Å². The van der Waals surface area contributed by atoms with Gasteiger partial charge in [-0.1, -0.05) is 47.7 Å².